The predicted molar refractivity (Wildman–Crippen MR) is 68.1 cm³/mol. The molecule has 1 aliphatic heterocycles. The van der Waals surface area contributed by atoms with E-state index in [9.17, 15) is 9.59 Å². The maximum atomic E-state index is 11.6. The highest BCUT2D eigenvalue weighted by Gasteiger charge is 2.28. The van der Waals surface area contributed by atoms with Crippen molar-refractivity contribution in [2.24, 2.45) is 0 Å². The SMILES string of the molecule is COc1ccc(SN2C(=O)COCC2=O)cc1OC. The van der Waals surface area contributed by atoms with Crippen LogP contribution in [0.1, 0.15) is 0 Å². The number of carbonyl (C=O) groups excluding carboxylic acids is 2. The van der Waals surface area contributed by atoms with E-state index in [2.05, 4.69) is 0 Å². The van der Waals surface area contributed by atoms with Gasteiger partial charge in [-0.2, -0.15) is 0 Å². The largest absolute Gasteiger partial charge is 0.493 e. The summed E-state index contributed by atoms with van der Waals surface area (Å²) in [5.41, 5.74) is 0. The van der Waals surface area contributed by atoms with Gasteiger partial charge >= 0.3 is 0 Å². The van der Waals surface area contributed by atoms with Crippen LogP contribution in [0, 0.1) is 0 Å². The van der Waals surface area contributed by atoms with Gasteiger partial charge < -0.3 is 14.2 Å². The number of imide groups is 1. The van der Waals surface area contributed by atoms with Crippen LogP contribution in [0.25, 0.3) is 0 Å². The Morgan fingerprint density at radius 3 is 2.32 bits per heavy atom. The molecule has 7 heteroatoms. The minimum Gasteiger partial charge on any atom is -0.493 e. The Morgan fingerprint density at radius 1 is 1.11 bits per heavy atom. The van der Waals surface area contributed by atoms with Crippen molar-refractivity contribution in [2.75, 3.05) is 27.4 Å². The molecule has 0 radical (unpaired) electrons. The fraction of sp³-hybridized carbons (Fsp3) is 0.333. The third kappa shape index (κ3) is 2.99. The van der Waals surface area contributed by atoms with Crippen molar-refractivity contribution in [3.63, 3.8) is 0 Å². The molecule has 6 nitrogen and oxygen atoms in total. The van der Waals surface area contributed by atoms with E-state index in [1.54, 1.807) is 25.3 Å². The number of ether oxygens (including phenoxy) is 3. The first-order chi connectivity index (χ1) is 9.15. The maximum absolute atomic E-state index is 11.6. The molecule has 1 aromatic carbocycles. The molecule has 1 fully saturated rings. The Morgan fingerprint density at radius 2 is 1.74 bits per heavy atom. The molecule has 1 saturated heterocycles. The van der Waals surface area contributed by atoms with Gasteiger partial charge in [0.25, 0.3) is 11.8 Å². The van der Waals surface area contributed by atoms with Crippen LogP contribution in [0.4, 0.5) is 0 Å². The molecule has 0 saturated carbocycles. The lowest BCUT2D eigenvalue weighted by Gasteiger charge is -2.23. The normalized spacial score (nSPS) is 15.6. The Hall–Kier alpha value is -1.73. The highest BCUT2D eigenvalue weighted by molar-refractivity contribution is 7.98. The summed E-state index contributed by atoms with van der Waals surface area (Å²) in [4.78, 5) is 23.9. The number of hydrogen-bond acceptors (Lipinski definition) is 6. The summed E-state index contributed by atoms with van der Waals surface area (Å²) in [7, 11) is 3.07. The van der Waals surface area contributed by atoms with E-state index < -0.39 is 0 Å². The summed E-state index contributed by atoms with van der Waals surface area (Å²) < 4.78 is 16.2. The van der Waals surface area contributed by atoms with Crippen molar-refractivity contribution in [1.29, 1.82) is 0 Å². The monoisotopic (exact) mass is 283 g/mol. The second-order valence-corrected chi connectivity index (χ2v) is 4.70. The molecule has 1 heterocycles. The number of hydrogen-bond donors (Lipinski definition) is 0. The van der Waals surface area contributed by atoms with E-state index in [4.69, 9.17) is 14.2 Å². The van der Waals surface area contributed by atoms with Crippen LogP contribution in [0.15, 0.2) is 23.1 Å². The van der Waals surface area contributed by atoms with Gasteiger partial charge in [0.2, 0.25) is 0 Å². The van der Waals surface area contributed by atoms with Gasteiger partial charge in [-0.25, -0.2) is 4.31 Å². The number of rotatable bonds is 4. The average Bonchev–Trinajstić information content (AvgIpc) is 2.42. The number of carbonyl (C=O) groups is 2. The van der Waals surface area contributed by atoms with E-state index in [0.717, 1.165) is 16.3 Å². The lowest BCUT2D eigenvalue weighted by atomic mass is 10.3. The summed E-state index contributed by atoms with van der Waals surface area (Å²) >= 11 is 1.05. The van der Waals surface area contributed by atoms with E-state index in [1.165, 1.54) is 7.11 Å². The number of nitrogens with zero attached hydrogens (tertiary/aromatic N) is 1. The zero-order valence-electron chi connectivity index (χ0n) is 10.5. The molecular formula is C12H13NO5S. The molecule has 0 spiro atoms. The van der Waals surface area contributed by atoms with Crippen molar-refractivity contribution in [3.8, 4) is 11.5 Å². The number of amides is 2. The number of morpholine rings is 1. The van der Waals surface area contributed by atoms with Crippen LogP contribution in [-0.4, -0.2) is 43.6 Å². The molecule has 2 rings (SSSR count). The first-order valence-corrected chi connectivity index (χ1v) is 6.26. The molecule has 2 amide bonds. The standard InChI is InChI=1S/C12H13NO5S/c1-16-9-4-3-8(5-10(9)17-2)19-13-11(14)6-18-7-12(13)15/h3-5H,6-7H2,1-2H3. The highest BCUT2D eigenvalue weighted by Crippen LogP contribution is 2.33. The maximum Gasteiger partial charge on any atom is 0.265 e. The summed E-state index contributed by atoms with van der Waals surface area (Å²) in [6.45, 7) is -0.155. The lowest BCUT2D eigenvalue weighted by molar-refractivity contribution is -0.150. The molecule has 0 bridgehead atoms. The first kappa shape index (κ1) is 13.7. The second-order valence-electron chi connectivity index (χ2n) is 3.68. The molecule has 0 aromatic heterocycles. The molecule has 0 atom stereocenters. The number of methoxy groups -OCH3 is 2. The van der Waals surface area contributed by atoms with Crippen LogP contribution in [0.2, 0.25) is 0 Å². The molecule has 102 valence electrons. The fourth-order valence-electron chi connectivity index (χ4n) is 1.56. The van der Waals surface area contributed by atoms with E-state index in [1.807, 2.05) is 0 Å². The van der Waals surface area contributed by atoms with Crippen LogP contribution in [-0.2, 0) is 14.3 Å². The van der Waals surface area contributed by atoms with Gasteiger partial charge in [0.15, 0.2) is 11.5 Å². The van der Waals surface area contributed by atoms with Gasteiger partial charge in [-0.15, -0.1) is 0 Å². The zero-order chi connectivity index (χ0) is 13.8. The number of benzene rings is 1. The van der Waals surface area contributed by atoms with Gasteiger partial charge in [0.05, 0.1) is 14.2 Å². The zero-order valence-corrected chi connectivity index (χ0v) is 11.4. The van der Waals surface area contributed by atoms with Gasteiger partial charge in [0.1, 0.15) is 13.2 Å². The van der Waals surface area contributed by atoms with Crippen molar-refractivity contribution in [2.45, 2.75) is 4.90 Å². The van der Waals surface area contributed by atoms with Crippen molar-refractivity contribution in [3.05, 3.63) is 18.2 Å². The van der Waals surface area contributed by atoms with Crippen LogP contribution >= 0.6 is 11.9 Å². The molecular weight excluding hydrogens is 270 g/mol. The third-order valence-corrected chi connectivity index (χ3v) is 3.51. The Bertz CT molecular complexity index is 489. The van der Waals surface area contributed by atoms with E-state index in [-0.39, 0.29) is 25.0 Å². The summed E-state index contributed by atoms with van der Waals surface area (Å²) in [5, 5.41) is 0. The molecule has 19 heavy (non-hydrogen) atoms. The minimum atomic E-state index is -0.365. The van der Waals surface area contributed by atoms with Crippen LogP contribution in [0.5, 0.6) is 11.5 Å². The Kier molecular flexibility index (Phi) is 4.28. The van der Waals surface area contributed by atoms with Gasteiger partial charge in [-0.1, -0.05) is 0 Å². The Balaban J connectivity index is 2.18. The second kappa shape index (κ2) is 5.94. The molecule has 1 aromatic rings. The van der Waals surface area contributed by atoms with Crippen molar-refractivity contribution < 1.29 is 23.8 Å². The quantitative estimate of drug-likeness (QED) is 0.609. The van der Waals surface area contributed by atoms with Crippen LogP contribution < -0.4 is 9.47 Å². The third-order valence-electron chi connectivity index (χ3n) is 2.46. The molecule has 0 unspecified atom stereocenters. The van der Waals surface area contributed by atoms with Crippen molar-refractivity contribution >= 4 is 23.8 Å². The van der Waals surface area contributed by atoms with Crippen LogP contribution in [0.3, 0.4) is 0 Å². The predicted octanol–water partition coefficient (Wildman–Crippen LogP) is 1.10. The fourth-order valence-corrected chi connectivity index (χ4v) is 2.37. The summed E-state index contributed by atoms with van der Waals surface area (Å²) in [6, 6.07) is 5.18. The summed E-state index contributed by atoms with van der Waals surface area (Å²) in [5.74, 6) is 0.402. The van der Waals surface area contributed by atoms with Gasteiger partial charge in [-0.05, 0) is 30.1 Å². The average molecular weight is 283 g/mol. The topological polar surface area (TPSA) is 65.1 Å². The molecule has 1 aliphatic rings. The lowest BCUT2D eigenvalue weighted by Crippen LogP contribution is -2.41. The first-order valence-electron chi connectivity index (χ1n) is 5.49. The van der Waals surface area contributed by atoms with Crippen molar-refractivity contribution in [1.82, 2.24) is 4.31 Å². The highest BCUT2D eigenvalue weighted by atomic mass is 32.2. The summed E-state index contributed by atoms with van der Waals surface area (Å²) in [6.07, 6.45) is 0. The van der Waals surface area contributed by atoms with E-state index >= 15 is 0 Å². The van der Waals surface area contributed by atoms with Gasteiger partial charge in [-0.3, -0.25) is 9.59 Å². The Labute approximate surface area is 114 Å². The smallest absolute Gasteiger partial charge is 0.265 e. The molecule has 0 N–H and O–H groups in total. The molecule has 0 aliphatic carbocycles. The van der Waals surface area contributed by atoms with E-state index in [0.29, 0.717) is 16.4 Å². The minimum absolute atomic E-state index is 0.0774. The van der Waals surface area contributed by atoms with Gasteiger partial charge in [0, 0.05) is 4.90 Å².